The molecule has 5 nitrogen and oxygen atoms in total. The molecule has 0 radical (unpaired) electrons. The lowest BCUT2D eigenvalue weighted by Crippen LogP contribution is -2.69. The van der Waals surface area contributed by atoms with E-state index in [2.05, 4.69) is 5.32 Å². The number of nitrogens with zero attached hydrogens (tertiary/aromatic N) is 1. The van der Waals surface area contributed by atoms with E-state index in [9.17, 15) is 14.0 Å². The van der Waals surface area contributed by atoms with Crippen LogP contribution >= 0.6 is 0 Å². The highest BCUT2D eigenvalue weighted by molar-refractivity contribution is 5.98. The summed E-state index contributed by atoms with van der Waals surface area (Å²) in [4.78, 5) is 26.8. The zero-order valence-corrected chi connectivity index (χ0v) is 14.7. The Morgan fingerprint density at radius 3 is 2.38 bits per heavy atom. The van der Waals surface area contributed by atoms with Gasteiger partial charge in [0.1, 0.15) is 11.9 Å². The van der Waals surface area contributed by atoms with Crippen LogP contribution in [0.1, 0.15) is 25.0 Å². The summed E-state index contributed by atoms with van der Waals surface area (Å²) in [6.45, 7) is 3.56. The van der Waals surface area contributed by atoms with E-state index in [0.717, 1.165) is 11.1 Å². The molecule has 1 saturated heterocycles. The molecule has 0 spiro atoms. The van der Waals surface area contributed by atoms with Crippen LogP contribution in [0.2, 0.25) is 0 Å². The number of benzene rings is 2. The molecule has 2 aromatic rings. The van der Waals surface area contributed by atoms with Crippen LogP contribution in [0, 0.1) is 5.82 Å². The fraction of sp³-hybridized carbons (Fsp3) is 0.300. The average molecular weight is 356 g/mol. The number of carbonyl (C=O) groups excluding carboxylic acids is 2. The van der Waals surface area contributed by atoms with Gasteiger partial charge < -0.3 is 15.0 Å². The summed E-state index contributed by atoms with van der Waals surface area (Å²) >= 11 is 0. The first-order chi connectivity index (χ1) is 12.4. The fourth-order valence-corrected chi connectivity index (χ4v) is 2.90. The zero-order valence-electron chi connectivity index (χ0n) is 14.7. The highest BCUT2D eigenvalue weighted by atomic mass is 19.1. The molecule has 0 bridgehead atoms. The number of nitrogens with one attached hydrogen (secondary N) is 1. The summed E-state index contributed by atoms with van der Waals surface area (Å²) in [6.07, 6.45) is 0. The van der Waals surface area contributed by atoms with Gasteiger partial charge in [0.25, 0.3) is 5.91 Å². The first-order valence-electron chi connectivity index (χ1n) is 8.45. The predicted molar refractivity (Wildman–Crippen MR) is 94.2 cm³/mol. The van der Waals surface area contributed by atoms with E-state index in [1.807, 2.05) is 30.3 Å². The predicted octanol–water partition coefficient (Wildman–Crippen LogP) is 2.61. The lowest BCUT2D eigenvalue weighted by Gasteiger charge is -2.45. The molecule has 2 amide bonds. The van der Waals surface area contributed by atoms with Crippen LogP contribution in [0.3, 0.4) is 0 Å². The van der Waals surface area contributed by atoms with E-state index in [1.54, 1.807) is 26.0 Å². The summed E-state index contributed by atoms with van der Waals surface area (Å²) in [7, 11) is 0. The molecule has 0 aliphatic carbocycles. The van der Waals surface area contributed by atoms with Gasteiger partial charge >= 0.3 is 0 Å². The van der Waals surface area contributed by atoms with Crippen LogP contribution in [-0.2, 0) is 27.5 Å². The Kier molecular flexibility index (Phi) is 5.04. The van der Waals surface area contributed by atoms with Crippen molar-refractivity contribution in [1.82, 2.24) is 10.2 Å². The van der Waals surface area contributed by atoms with Crippen molar-refractivity contribution in [3.05, 3.63) is 71.5 Å². The number of rotatable bonds is 5. The maximum absolute atomic E-state index is 13.2. The largest absolute Gasteiger partial charge is 0.342 e. The lowest BCUT2D eigenvalue weighted by atomic mass is 10.0. The van der Waals surface area contributed by atoms with Crippen molar-refractivity contribution in [3.63, 3.8) is 0 Å². The molecule has 0 saturated carbocycles. The molecular formula is C20H21FN2O3. The molecule has 0 unspecified atom stereocenters. The lowest BCUT2D eigenvalue weighted by molar-refractivity contribution is -0.197. The summed E-state index contributed by atoms with van der Waals surface area (Å²) in [5, 5.41) is 2.67. The Labute approximate surface area is 151 Å². The minimum atomic E-state index is -1.45. The van der Waals surface area contributed by atoms with E-state index < -0.39 is 11.8 Å². The van der Waals surface area contributed by atoms with Crippen molar-refractivity contribution >= 4 is 11.8 Å². The van der Waals surface area contributed by atoms with E-state index >= 15 is 0 Å². The molecule has 136 valence electrons. The van der Waals surface area contributed by atoms with Crippen LogP contribution in [0.25, 0.3) is 0 Å². The van der Waals surface area contributed by atoms with Gasteiger partial charge in [-0.1, -0.05) is 42.5 Å². The molecule has 2 aromatic carbocycles. The van der Waals surface area contributed by atoms with Crippen LogP contribution in [-0.4, -0.2) is 28.5 Å². The second kappa shape index (κ2) is 7.25. The van der Waals surface area contributed by atoms with Crippen molar-refractivity contribution in [2.75, 3.05) is 0 Å². The number of hydrogen-bond donors (Lipinski definition) is 1. The van der Waals surface area contributed by atoms with Gasteiger partial charge in [-0.2, -0.15) is 0 Å². The number of halogens is 1. The maximum Gasteiger partial charge on any atom is 0.273 e. The first-order valence-corrected chi connectivity index (χ1v) is 8.45. The SMILES string of the molecule is C[C@@H]1NC(=O)[C@@](C)(OCc2ccccc2)N(Cc2ccc(F)cc2)C1=O. The Balaban J connectivity index is 1.86. The molecule has 1 fully saturated rings. The topological polar surface area (TPSA) is 58.6 Å². The summed E-state index contributed by atoms with van der Waals surface area (Å²) in [5.41, 5.74) is 0.166. The third kappa shape index (κ3) is 3.60. The van der Waals surface area contributed by atoms with E-state index in [-0.39, 0.29) is 30.8 Å². The van der Waals surface area contributed by atoms with E-state index in [1.165, 1.54) is 17.0 Å². The highest BCUT2D eigenvalue weighted by Crippen LogP contribution is 2.27. The summed E-state index contributed by atoms with van der Waals surface area (Å²) in [5.74, 6) is -0.972. The number of amides is 2. The Morgan fingerprint density at radius 2 is 1.73 bits per heavy atom. The second-order valence-electron chi connectivity index (χ2n) is 6.50. The molecule has 6 heteroatoms. The van der Waals surface area contributed by atoms with Crippen molar-refractivity contribution in [2.24, 2.45) is 0 Å². The quantitative estimate of drug-likeness (QED) is 0.896. The maximum atomic E-state index is 13.2. The smallest absolute Gasteiger partial charge is 0.273 e. The van der Waals surface area contributed by atoms with Crippen molar-refractivity contribution in [1.29, 1.82) is 0 Å². The van der Waals surface area contributed by atoms with Crippen LogP contribution < -0.4 is 5.32 Å². The third-order valence-corrected chi connectivity index (χ3v) is 4.54. The number of hydrogen-bond acceptors (Lipinski definition) is 3. The summed E-state index contributed by atoms with van der Waals surface area (Å²) in [6, 6.07) is 14.6. The van der Waals surface area contributed by atoms with Crippen LogP contribution in [0.4, 0.5) is 4.39 Å². The molecule has 3 rings (SSSR count). The van der Waals surface area contributed by atoms with Gasteiger partial charge in [-0.3, -0.25) is 9.59 Å². The molecule has 1 heterocycles. The zero-order chi connectivity index (χ0) is 18.7. The Hall–Kier alpha value is -2.73. The number of carbonyl (C=O) groups is 2. The minimum Gasteiger partial charge on any atom is -0.342 e. The van der Waals surface area contributed by atoms with Gasteiger partial charge in [-0.05, 0) is 37.1 Å². The minimum absolute atomic E-state index is 0.155. The van der Waals surface area contributed by atoms with Gasteiger partial charge in [0.15, 0.2) is 0 Å². The molecule has 0 aromatic heterocycles. The van der Waals surface area contributed by atoms with Crippen molar-refractivity contribution in [2.45, 2.75) is 38.8 Å². The molecule has 1 aliphatic heterocycles. The Bertz CT molecular complexity index is 794. The van der Waals surface area contributed by atoms with Gasteiger partial charge in [0, 0.05) is 6.54 Å². The second-order valence-corrected chi connectivity index (χ2v) is 6.50. The Morgan fingerprint density at radius 1 is 1.08 bits per heavy atom. The number of piperazine rings is 1. The molecule has 1 aliphatic rings. The third-order valence-electron chi connectivity index (χ3n) is 4.54. The number of ether oxygens (including phenoxy) is 1. The standard InChI is InChI=1S/C20H21FN2O3/c1-14-18(24)23(12-15-8-10-17(21)11-9-15)20(2,19(25)22-14)26-13-16-6-4-3-5-7-16/h3-11,14H,12-13H2,1-2H3,(H,22,25)/t14-,20+/m0/s1. The van der Waals surface area contributed by atoms with Crippen molar-refractivity contribution < 1.29 is 18.7 Å². The highest BCUT2D eigenvalue weighted by Gasteiger charge is 2.49. The molecule has 2 atom stereocenters. The summed E-state index contributed by atoms with van der Waals surface area (Å²) < 4.78 is 19.1. The van der Waals surface area contributed by atoms with Crippen LogP contribution in [0.5, 0.6) is 0 Å². The van der Waals surface area contributed by atoms with Gasteiger partial charge in [0.2, 0.25) is 11.6 Å². The van der Waals surface area contributed by atoms with Gasteiger partial charge in [-0.25, -0.2) is 4.39 Å². The van der Waals surface area contributed by atoms with E-state index in [4.69, 9.17) is 4.74 Å². The van der Waals surface area contributed by atoms with Gasteiger partial charge in [-0.15, -0.1) is 0 Å². The average Bonchev–Trinajstić information content (AvgIpc) is 2.65. The molecule has 26 heavy (non-hydrogen) atoms. The normalized spacial score (nSPS) is 23.0. The van der Waals surface area contributed by atoms with E-state index in [0.29, 0.717) is 0 Å². The fourth-order valence-electron chi connectivity index (χ4n) is 2.90. The monoisotopic (exact) mass is 356 g/mol. The van der Waals surface area contributed by atoms with Crippen LogP contribution in [0.15, 0.2) is 54.6 Å². The van der Waals surface area contributed by atoms with Crippen molar-refractivity contribution in [3.8, 4) is 0 Å². The molecular weight excluding hydrogens is 335 g/mol. The first kappa shape index (κ1) is 18.1. The molecule has 1 N–H and O–H groups in total. The van der Waals surface area contributed by atoms with Gasteiger partial charge in [0.05, 0.1) is 6.61 Å².